The Morgan fingerprint density at radius 3 is 2.79 bits per heavy atom. The maximum Gasteiger partial charge on any atom is 0.407 e. The number of aliphatic imine (C=N–C) groups is 1. The normalized spacial score (nSPS) is 18.5. The summed E-state index contributed by atoms with van der Waals surface area (Å²) in [6.45, 7) is 3.82. The lowest BCUT2D eigenvalue weighted by Gasteiger charge is -2.31. The van der Waals surface area contributed by atoms with E-state index in [1.54, 1.807) is 10.6 Å². The number of pyridine rings is 1. The Morgan fingerprint density at radius 2 is 2.09 bits per heavy atom. The molecule has 4 heterocycles. The van der Waals surface area contributed by atoms with Crippen LogP contribution in [0.5, 0.6) is 0 Å². The van der Waals surface area contributed by atoms with Gasteiger partial charge >= 0.3 is 6.09 Å². The van der Waals surface area contributed by atoms with E-state index in [0.717, 1.165) is 5.56 Å². The number of hydrogen-bond donors (Lipinski definition) is 2. The molecule has 172 valence electrons. The molecule has 0 radical (unpaired) electrons. The van der Waals surface area contributed by atoms with Crippen LogP contribution in [0.1, 0.15) is 16.8 Å². The molecule has 1 unspecified atom stereocenters. The Kier molecular flexibility index (Phi) is 5.45. The van der Waals surface area contributed by atoms with Gasteiger partial charge in [0, 0.05) is 31.3 Å². The Hall–Kier alpha value is -3.53. The summed E-state index contributed by atoms with van der Waals surface area (Å²) >= 11 is 0. The second-order valence-electron chi connectivity index (χ2n) is 8.24. The van der Waals surface area contributed by atoms with E-state index < -0.39 is 23.8 Å². The van der Waals surface area contributed by atoms with Crippen molar-refractivity contribution in [2.45, 2.75) is 19.4 Å². The number of hydrogen-bond acceptors (Lipinski definition) is 5. The van der Waals surface area contributed by atoms with Gasteiger partial charge in [-0.05, 0) is 36.8 Å². The van der Waals surface area contributed by atoms with E-state index in [1.165, 1.54) is 17.0 Å². The lowest BCUT2D eigenvalue weighted by molar-refractivity contribution is -0.0214. The van der Waals surface area contributed by atoms with Crippen LogP contribution in [0.3, 0.4) is 0 Å². The Bertz CT molecular complexity index is 1250. The third kappa shape index (κ3) is 4.02. The summed E-state index contributed by atoms with van der Waals surface area (Å²) in [6, 6.07) is 6.24. The summed E-state index contributed by atoms with van der Waals surface area (Å²) in [5.74, 6) is -1.01. The highest BCUT2D eigenvalue weighted by molar-refractivity contribution is 6.00. The predicted octanol–water partition coefficient (Wildman–Crippen LogP) is 2.86. The van der Waals surface area contributed by atoms with Gasteiger partial charge in [-0.25, -0.2) is 18.6 Å². The largest absolute Gasteiger partial charge is 0.465 e. The molecule has 0 spiro atoms. The number of fused-ring (bicyclic) bond motifs is 1. The number of halogens is 2. The molecular formula is C23H23F2N5O3. The van der Waals surface area contributed by atoms with Gasteiger partial charge in [-0.3, -0.25) is 4.99 Å². The number of aryl methyl sites for hydroxylation is 1. The number of ether oxygens (including phenoxy) is 1. The summed E-state index contributed by atoms with van der Waals surface area (Å²) in [7, 11) is 0. The molecule has 1 atom stereocenters. The van der Waals surface area contributed by atoms with Crippen LogP contribution >= 0.6 is 0 Å². The van der Waals surface area contributed by atoms with Crippen molar-refractivity contribution in [2.24, 2.45) is 4.99 Å². The third-order valence-corrected chi connectivity index (χ3v) is 5.94. The van der Waals surface area contributed by atoms with Gasteiger partial charge < -0.3 is 24.5 Å². The van der Waals surface area contributed by atoms with Crippen molar-refractivity contribution in [1.82, 2.24) is 19.6 Å². The standard InChI is InChI=1S/C23H23F2N5O3/c1-13-2-5-30-18(11-15-12-29(23(31)32)6-7-33-15)21(28-19(30)8-13)20-16(24)9-14(10-17(20)25)22-26-3-4-27-22/h2,5,8-10,15H,3-4,6-7,11-12H2,1H3,(H,26,27)(H,31,32). The summed E-state index contributed by atoms with van der Waals surface area (Å²) in [6.07, 6.45) is 0.569. The van der Waals surface area contributed by atoms with Crippen LogP contribution < -0.4 is 5.32 Å². The van der Waals surface area contributed by atoms with Crippen molar-refractivity contribution >= 4 is 17.6 Å². The van der Waals surface area contributed by atoms with Crippen molar-refractivity contribution < 1.29 is 23.4 Å². The summed E-state index contributed by atoms with van der Waals surface area (Å²) in [5, 5.41) is 12.4. The van der Waals surface area contributed by atoms with Crippen molar-refractivity contribution in [3.63, 3.8) is 0 Å². The molecule has 33 heavy (non-hydrogen) atoms. The number of carboxylic acid groups (broad SMARTS) is 1. The van der Waals surface area contributed by atoms with E-state index in [4.69, 9.17) is 4.74 Å². The molecule has 2 N–H and O–H groups in total. The topological polar surface area (TPSA) is 91.5 Å². The number of nitrogens with one attached hydrogen (secondary N) is 1. The first-order chi connectivity index (χ1) is 15.9. The highest BCUT2D eigenvalue weighted by atomic mass is 19.1. The van der Waals surface area contributed by atoms with Crippen molar-refractivity contribution in [2.75, 3.05) is 32.8 Å². The zero-order valence-corrected chi connectivity index (χ0v) is 18.0. The molecule has 0 aliphatic carbocycles. The monoisotopic (exact) mass is 455 g/mol. The molecule has 2 aliphatic rings. The van der Waals surface area contributed by atoms with E-state index in [-0.39, 0.29) is 37.4 Å². The fourth-order valence-corrected chi connectivity index (χ4v) is 4.35. The number of benzene rings is 1. The quantitative estimate of drug-likeness (QED) is 0.631. The first-order valence-corrected chi connectivity index (χ1v) is 10.8. The number of amidine groups is 1. The van der Waals surface area contributed by atoms with Gasteiger partial charge in [0.1, 0.15) is 23.1 Å². The molecule has 3 aromatic rings. The molecule has 5 rings (SSSR count). The first-order valence-electron chi connectivity index (χ1n) is 10.8. The van der Waals surface area contributed by atoms with E-state index in [1.807, 2.05) is 19.1 Å². The van der Waals surface area contributed by atoms with E-state index >= 15 is 8.78 Å². The molecule has 1 saturated heterocycles. The summed E-state index contributed by atoms with van der Waals surface area (Å²) in [5.41, 5.74) is 2.37. The van der Waals surface area contributed by atoms with Crippen LogP contribution in [0.25, 0.3) is 16.9 Å². The zero-order chi connectivity index (χ0) is 23.1. The number of amides is 1. The first kappa shape index (κ1) is 21.3. The molecule has 0 bridgehead atoms. The van der Waals surface area contributed by atoms with Gasteiger partial charge in [0.25, 0.3) is 0 Å². The van der Waals surface area contributed by atoms with Crippen LogP contribution in [-0.4, -0.2) is 70.2 Å². The van der Waals surface area contributed by atoms with Crippen LogP contribution in [0.15, 0.2) is 35.5 Å². The lowest BCUT2D eigenvalue weighted by atomic mass is 10.0. The number of imidazole rings is 1. The van der Waals surface area contributed by atoms with Gasteiger partial charge in [-0.15, -0.1) is 0 Å². The van der Waals surface area contributed by atoms with Crippen LogP contribution in [0, 0.1) is 18.6 Å². The fourth-order valence-electron chi connectivity index (χ4n) is 4.35. The van der Waals surface area contributed by atoms with Gasteiger partial charge in [-0.2, -0.15) is 0 Å². The van der Waals surface area contributed by atoms with Crippen molar-refractivity contribution in [3.8, 4) is 11.3 Å². The smallest absolute Gasteiger partial charge is 0.407 e. The minimum Gasteiger partial charge on any atom is -0.465 e. The average Bonchev–Trinajstić information content (AvgIpc) is 3.42. The molecule has 8 nitrogen and oxygen atoms in total. The van der Waals surface area contributed by atoms with E-state index in [2.05, 4.69) is 15.3 Å². The summed E-state index contributed by atoms with van der Waals surface area (Å²) < 4.78 is 38.2. The van der Waals surface area contributed by atoms with Crippen LogP contribution in [0.2, 0.25) is 0 Å². The van der Waals surface area contributed by atoms with Gasteiger partial charge in [0.2, 0.25) is 0 Å². The third-order valence-electron chi connectivity index (χ3n) is 5.94. The Labute approximate surface area is 188 Å². The van der Waals surface area contributed by atoms with Crippen molar-refractivity contribution in [3.05, 3.63) is 58.9 Å². The Balaban J connectivity index is 1.59. The van der Waals surface area contributed by atoms with Gasteiger partial charge in [-0.1, -0.05) is 0 Å². The van der Waals surface area contributed by atoms with E-state index in [9.17, 15) is 9.90 Å². The highest BCUT2D eigenvalue weighted by Crippen LogP contribution is 2.32. The highest BCUT2D eigenvalue weighted by Gasteiger charge is 2.29. The Morgan fingerprint density at radius 1 is 1.30 bits per heavy atom. The predicted molar refractivity (Wildman–Crippen MR) is 118 cm³/mol. The molecule has 0 saturated carbocycles. The number of carbonyl (C=O) groups is 1. The number of rotatable bonds is 4. The summed E-state index contributed by atoms with van der Waals surface area (Å²) in [4.78, 5) is 21.5. The van der Waals surface area contributed by atoms with E-state index in [0.29, 0.717) is 35.8 Å². The van der Waals surface area contributed by atoms with Gasteiger partial charge in [0.05, 0.1) is 42.8 Å². The number of nitrogens with zero attached hydrogens (tertiary/aromatic N) is 4. The van der Waals surface area contributed by atoms with Crippen molar-refractivity contribution in [1.29, 1.82) is 0 Å². The molecule has 1 fully saturated rings. The second-order valence-corrected chi connectivity index (χ2v) is 8.24. The van der Waals surface area contributed by atoms with Crippen LogP contribution in [0.4, 0.5) is 13.6 Å². The minimum atomic E-state index is -1.02. The minimum absolute atomic E-state index is 0.170. The molecule has 2 aromatic heterocycles. The van der Waals surface area contributed by atoms with Crippen LogP contribution in [-0.2, 0) is 11.2 Å². The molecule has 10 heteroatoms. The molecule has 1 amide bonds. The number of morpholine rings is 1. The second kappa shape index (κ2) is 8.43. The maximum absolute atomic E-state index is 15.3. The maximum atomic E-state index is 15.3. The zero-order valence-electron chi connectivity index (χ0n) is 18.0. The lowest BCUT2D eigenvalue weighted by Crippen LogP contribution is -2.45. The number of aromatic nitrogens is 2. The average molecular weight is 455 g/mol. The molecule has 1 aromatic carbocycles. The molecule has 2 aliphatic heterocycles. The van der Waals surface area contributed by atoms with Gasteiger partial charge in [0.15, 0.2) is 0 Å². The SMILES string of the molecule is Cc1ccn2c(CC3CN(C(=O)O)CCO3)c(-c3c(F)cc(C4=NCCN4)cc3F)nc2c1. The fraction of sp³-hybridized carbons (Fsp3) is 0.348. The molecular weight excluding hydrogens is 432 g/mol.